The number of ether oxygens (including phenoxy) is 2. The SMILES string of the molecule is Cn1c(C(C)(C)C)cc(=NC(=O)c2cc(C(F)(F)F)ccc2OCC(C)(C)O)n1C[C@H]1CCCO1. The van der Waals surface area contributed by atoms with Crippen molar-refractivity contribution in [3.63, 3.8) is 0 Å². The molecule has 1 aliphatic rings. The molecule has 0 unspecified atom stereocenters. The molecule has 0 spiro atoms. The second-order valence-electron chi connectivity index (χ2n) is 10.6. The lowest BCUT2D eigenvalue weighted by Gasteiger charge is -2.21. The summed E-state index contributed by atoms with van der Waals surface area (Å²) in [7, 11) is 1.86. The minimum absolute atomic E-state index is 0.0373. The molecule has 194 valence electrons. The van der Waals surface area contributed by atoms with Crippen molar-refractivity contribution in [1.29, 1.82) is 0 Å². The number of nitrogens with zero attached hydrogens (tertiary/aromatic N) is 3. The average Bonchev–Trinajstić information content (AvgIpc) is 3.34. The molecule has 1 aliphatic heterocycles. The van der Waals surface area contributed by atoms with E-state index in [9.17, 15) is 23.1 Å². The van der Waals surface area contributed by atoms with Crippen LogP contribution >= 0.6 is 0 Å². The van der Waals surface area contributed by atoms with Crippen LogP contribution in [0.5, 0.6) is 5.75 Å². The van der Waals surface area contributed by atoms with Gasteiger partial charge in [0.15, 0.2) is 5.49 Å². The van der Waals surface area contributed by atoms with Crippen LogP contribution in [0, 0.1) is 0 Å². The fraction of sp³-hybridized carbons (Fsp3) is 0.600. The summed E-state index contributed by atoms with van der Waals surface area (Å²) in [6, 6.07) is 4.44. The van der Waals surface area contributed by atoms with Crippen LogP contribution in [-0.4, -0.2) is 45.3 Å². The van der Waals surface area contributed by atoms with E-state index < -0.39 is 23.2 Å². The molecule has 1 amide bonds. The zero-order valence-corrected chi connectivity index (χ0v) is 21.1. The van der Waals surface area contributed by atoms with Gasteiger partial charge in [-0.2, -0.15) is 18.2 Å². The maximum Gasteiger partial charge on any atom is 0.416 e. The summed E-state index contributed by atoms with van der Waals surface area (Å²) in [4.78, 5) is 17.5. The van der Waals surface area contributed by atoms with E-state index in [0.29, 0.717) is 18.6 Å². The van der Waals surface area contributed by atoms with Crippen molar-refractivity contribution in [1.82, 2.24) is 9.36 Å². The normalized spacial score (nSPS) is 17.8. The van der Waals surface area contributed by atoms with Gasteiger partial charge in [0, 0.05) is 30.8 Å². The topological polar surface area (TPSA) is 78.0 Å². The first-order valence-electron chi connectivity index (χ1n) is 11.6. The Morgan fingerprint density at radius 1 is 1.20 bits per heavy atom. The number of benzene rings is 1. The molecule has 0 bridgehead atoms. The molecule has 0 aliphatic carbocycles. The first-order valence-corrected chi connectivity index (χ1v) is 11.6. The number of aliphatic hydroxyl groups is 1. The largest absolute Gasteiger partial charge is 0.490 e. The third-order valence-corrected chi connectivity index (χ3v) is 5.74. The van der Waals surface area contributed by atoms with Crippen LogP contribution in [-0.2, 0) is 29.9 Å². The van der Waals surface area contributed by atoms with Gasteiger partial charge in [-0.05, 0) is 44.9 Å². The molecule has 1 atom stereocenters. The smallest absolute Gasteiger partial charge is 0.416 e. The Balaban J connectivity index is 2.10. The standard InChI is InChI=1S/C25H34F3N3O4/c1-23(2,3)20-13-21(31(30(20)6)14-17-8-7-11-34-17)29-22(32)18-12-16(25(26,27)28)9-10-19(18)35-15-24(4,5)33/h9-10,12-13,17,33H,7-8,11,14-15H2,1-6H3/t17-/m1/s1. The van der Waals surface area contributed by atoms with Crippen LogP contribution < -0.4 is 10.2 Å². The minimum Gasteiger partial charge on any atom is -0.490 e. The molecule has 1 saturated heterocycles. The van der Waals surface area contributed by atoms with E-state index in [0.717, 1.165) is 36.7 Å². The van der Waals surface area contributed by atoms with Gasteiger partial charge in [0.2, 0.25) is 0 Å². The van der Waals surface area contributed by atoms with E-state index in [1.807, 2.05) is 37.2 Å². The minimum atomic E-state index is -4.64. The summed E-state index contributed by atoms with van der Waals surface area (Å²) in [6.07, 6.45) is -2.86. The van der Waals surface area contributed by atoms with E-state index in [4.69, 9.17) is 9.47 Å². The maximum absolute atomic E-state index is 13.4. The number of carbonyl (C=O) groups excluding carboxylic acids is 1. The van der Waals surface area contributed by atoms with E-state index in [-0.39, 0.29) is 29.4 Å². The van der Waals surface area contributed by atoms with Crippen LogP contribution in [0.2, 0.25) is 0 Å². The molecule has 1 fully saturated rings. The van der Waals surface area contributed by atoms with Crippen molar-refractivity contribution >= 4 is 5.91 Å². The Bertz CT molecular complexity index is 1130. The van der Waals surface area contributed by atoms with Gasteiger partial charge in [-0.1, -0.05) is 20.8 Å². The quantitative estimate of drug-likeness (QED) is 0.649. The molecule has 35 heavy (non-hydrogen) atoms. The molecule has 1 N–H and O–H groups in total. The first kappa shape index (κ1) is 27.0. The lowest BCUT2D eigenvalue weighted by molar-refractivity contribution is -0.137. The second kappa shape index (κ2) is 9.81. The van der Waals surface area contributed by atoms with E-state index in [1.54, 1.807) is 6.07 Å². The number of aromatic nitrogens is 2. The van der Waals surface area contributed by atoms with Gasteiger partial charge in [-0.15, -0.1) is 0 Å². The molecule has 1 aromatic heterocycles. The zero-order valence-electron chi connectivity index (χ0n) is 21.1. The molecule has 2 heterocycles. The van der Waals surface area contributed by atoms with Gasteiger partial charge >= 0.3 is 6.18 Å². The van der Waals surface area contributed by atoms with Gasteiger partial charge in [0.1, 0.15) is 12.4 Å². The first-order chi connectivity index (χ1) is 16.1. The van der Waals surface area contributed by atoms with E-state index in [1.165, 1.54) is 13.8 Å². The fourth-order valence-electron chi connectivity index (χ4n) is 3.98. The summed E-state index contributed by atoms with van der Waals surface area (Å²) in [5.41, 5.74) is -1.59. The van der Waals surface area contributed by atoms with Crippen molar-refractivity contribution in [2.45, 2.75) is 77.3 Å². The molecule has 7 nitrogen and oxygen atoms in total. The van der Waals surface area contributed by atoms with Gasteiger partial charge in [-0.25, -0.2) is 0 Å². The van der Waals surface area contributed by atoms with E-state index >= 15 is 0 Å². The Kier molecular flexibility index (Phi) is 7.57. The zero-order chi connectivity index (χ0) is 26.2. The Morgan fingerprint density at radius 3 is 2.43 bits per heavy atom. The third kappa shape index (κ3) is 6.76. The average molecular weight is 498 g/mol. The number of carbonyl (C=O) groups is 1. The maximum atomic E-state index is 13.4. The number of halogens is 3. The molecule has 0 saturated carbocycles. The predicted molar refractivity (Wildman–Crippen MR) is 124 cm³/mol. The van der Waals surface area contributed by atoms with Crippen molar-refractivity contribution in [2.75, 3.05) is 13.2 Å². The fourth-order valence-corrected chi connectivity index (χ4v) is 3.98. The summed E-state index contributed by atoms with van der Waals surface area (Å²) in [6.45, 7) is 9.99. The highest BCUT2D eigenvalue weighted by Gasteiger charge is 2.32. The molecule has 3 rings (SSSR count). The molecule has 0 radical (unpaired) electrons. The van der Waals surface area contributed by atoms with Gasteiger partial charge in [0.05, 0.1) is 29.4 Å². The highest BCUT2D eigenvalue weighted by atomic mass is 19.4. The molecule has 2 aromatic rings. The van der Waals surface area contributed by atoms with Crippen molar-refractivity contribution < 1.29 is 32.5 Å². The number of alkyl halides is 3. The lowest BCUT2D eigenvalue weighted by Crippen LogP contribution is -2.30. The second-order valence-corrected chi connectivity index (χ2v) is 10.6. The van der Waals surface area contributed by atoms with Crippen LogP contribution in [0.15, 0.2) is 29.3 Å². The van der Waals surface area contributed by atoms with Crippen LogP contribution in [0.3, 0.4) is 0 Å². The lowest BCUT2D eigenvalue weighted by atomic mass is 9.92. The highest BCUT2D eigenvalue weighted by molar-refractivity contribution is 5.97. The van der Waals surface area contributed by atoms with Gasteiger partial charge in [-0.3, -0.25) is 14.2 Å². The highest BCUT2D eigenvalue weighted by Crippen LogP contribution is 2.33. The third-order valence-electron chi connectivity index (χ3n) is 5.74. The molecule has 10 heteroatoms. The molecule has 1 aromatic carbocycles. The van der Waals surface area contributed by atoms with Crippen LogP contribution in [0.1, 0.15) is 69.1 Å². The van der Waals surface area contributed by atoms with Crippen molar-refractivity contribution in [3.05, 3.63) is 46.6 Å². The number of hydrogen-bond acceptors (Lipinski definition) is 4. The summed E-state index contributed by atoms with van der Waals surface area (Å²) >= 11 is 0. The van der Waals surface area contributed by atoms with Gasteiger partial charge < -0.3 is 14.6 Å². The van der Waals surface area contributed by atoms with Crippen LogP contribution in [0.25, 0.3) is 0 Å². The summed E-state index contributed by atoms with van der Waals surface area (Å²) in [5, 5.41) is 9.98. The Hall–Kier alpha value is -2.59. The van der Waals surface area contributed by atoms with Crippen molar-refractivity contribution in [3.8, 4) is 5.75 Å². The molecular formula is C25H34F3N3O4. The number of rotatable bonds is 6. The summed E-state index contributed by atoms with van der Waals surface area (Å²) < 4.78 is 55.2. The Labute approximate surface area is 203 Å². The number of hydrogen-bond donors (Lipinski definition) is 1. The van der Waals surface area contributed by atoms with Gasteiger partial charge in [0.25, 0.3) is 5.91 Å². The molecular weight excluding hydrogens is 463 g/mol. The van der Waals surface area contributed by atoms with Crippen LogP contribution in [0.4, 0.5) is 13.2 Å². The number of amides is 1. The van der Waals surface area contributed by atoms with Crippen molar-refractivity contribution in [2.24, 2.45) is 12.0 Å². The summed E-state index contributed by atoms with van der Waals surface area (Å²) in [5.74, 6) is -0.944. The van der Waals surface area contributed by atoms with E-state index in [2.05, 4.69) is 4.99 Å². The Morgan fingerprint density at radius 2 is 1.89 bits per heavy atom. The predicted octanol–water partition coefficient (Wildman–Crippen LogP) is 4.21. The monoisotopic (exact) mass is 497 g/mol.